The fourth-order valence-corrected chi connectivity index (χ4v) is 3.24. The molecule has 0 saturated carbocycles. The summed E-state index contributed by atoms with van der Waals surface area (Å²) in [5, 5.41) is 2.14. The van der Waals surface area contributed by atoms with Crippen molar-refractivity contribution in [3.05, 3.63) is 20.8 Å². The van der Waals surface area contributed by atoms with E-state index in [0.717, 1.165) is 13.1 Å². The summed E-state index contributed by atoms with van der Waals surface area (Å²) in [6, 6.07) is 2.07. The average Bonchev–Trinajstić information content (AvgIpc) is 2.52. The minimum absolute atomic E-state index is 0.0544. The Balaban J connectivity index is 2.36. The number of hydrogen-bond donors (Lipinski definition) is 0. The first-order chi connectivity index (χ1) is 7.13. The Hall–Kier alpha value is 0.390. The van der Waals surface area contributed by atoms with Gasteiger partial charge >= 0.3 is 0 Å². The molecule has 0 aliphatic carbocycles. The first kappa shape index (κ1) is 13.5. The van der Waals surface area contributed by atoms with Crippen LogP contribution in [0.2, 0.25) is 0 Å². The monoisotopic (exact) mass is 311 g/mol. The summed E-state index contributed by atoms with van der Waals surface area (Å²) in [7, 11) is 3.74. The molecule has 0 bridgehead atoms. The molecule has 86 valence electrons. The summed E-state index contributed by atoms with van der Waals surface area (Å²) in [5.74, 6) is 0. The van der Waals surface area contributed by atoms with E-state index < -0.39 is 0 Å². The Labute approximate surface area is 108 Å². The van der Waals surface area contributed by atoms with Crippen molar-refractivity contribution in [1.82, 2.24) is 4.90 Å². The zero-order chi connectivity index (χ0) is 11.3. The van der Waals surface area contributed by atoms with Crippen LogP contribution in [0, 0.1) is 0 Å². The molecule has 0 fully saturated rings. The molecule has 1 aromatic heterocycles. The molecule has 1 atom stereocenters. The van der Waals surface area contributed by atoms with Crippen molar-refractivity contribution in [2.75, 3.05) is 27.3 Å². The Morgan fingerprint density at radius 2 is 2.40 bits per heavy atom. The van der Waals surface area contributed by atoms with Gasteiger partial charge in [-0.15, -0.1) is 22.9 Å². The lowest BCUT2D eigenvalue weighted by Gasteiger charge is -2.19. The van der Waals surface area contributed by atoms with E-state index in [-0.39, 0.29) is 5.38 Å². The summed E-state index contributed by atoms with van der Waals surface area (Å²) >= 11 is 11.4. The van der Waals surface area contributed by atoms with Crippen molar-refractivity contribution in [3.8, 4) is 0 Å². The van der Waals surface area contributed by atoms with Gasteiger partial charge < -0.3 is 4.74 Å². The van der Waals surface area contributed by atoms with E-state index in [4.69, 9.17) is 16.3 Å². The van der Waals surface area contributed by atoms with Gasteiger partial charge in [-0.3, -0.25) is 4.90 Å². The third-order valence-corrected chi connectivity index (χ3v) is 4.14. The molecule has 0 N–H and O–H groups in total. The van der Waals surface area contributed by atoms with E-state index in [0.29, 0.717) is 6.61 Å². The van der Waals surface area contributed by atoms with Crippen LogP contribution in [-0.2, 0) is 11.3 Å². The molecule has 1 aromatic rings. The fraction of sp³-hybridized carbons (Fsp3) is 0.600. The summed E-state index contributed by atoms with van der Waals surface area (Å²) in [6.07, 6.45) is 0. The highest BCUT2D eigenvalue weighted by Crippen LogP contribution is 2.23. The molecule has 2 nitrogen and oxygen atoms in total. The van der Waals surface area contributed by atoms with Gasteiger partial charge in [0.1, 0.15) is 0 Å². The zero-order valence-corrected chi connectivity index (χ0v) is 12.0. The highest BCUT2D eigenvalue weighted by atomic mass is 79.9. The number of nitrogens with zero attached hydrogens (tertiary/aromatic N) is 1. The molecule has 0 radical (unpaired) electrons. The molecule has 0 aliphatic rings. The van der Waals surface area contributed by atoms with Crippen molar-refractivity contribution >= 4 is 38.9 Å². The van der Waals surface area contributed by atoms with Gasteiger partial charge in [0.05, 0.1) is 12.0 Å². The molecule has 5 heteroatoms. The van der Waals surface area contributed by atoms with Gasteiger partial charge in [-0.25, -0.2) is 0 Å². The summed E-state index contributed by atoms with van der Waals surface area (Å²) < 4.78 is 6.18. The minimum Gasteiger partial charge on any atom is -0.383 e. The Morgan fingerprint density at radius 3 is 2.93 bits per heavy atom. The molecule has 0 aliphatic heterocycles. The summed E-state index contributed by atoms with van der Waals surface area (Å²) in [6.45, 7) is 2.35. The predicted molar refractivity (Wildman–Crippen MR) is 69.9 cm³/mol. The highest BCUT2D eigenvalue weighted by molar-refractivity contribution is 9.10. The van der Waals surface area contributed by atoms with Gasteiger partial charge in [-0.05, 0) is 34.4 Å². The highest BCUT2D eigenvalue weighted by Gasteiger charge is 2.10. The molecule has 15 heavy (non-hydrogen) atoms. The Morgan fingerprint density at radius 1 is 1.67 bits per heavy atom. The van der Waals surface area contributed by atoms with Gasteiger partial charge in [-0.2, -0.15) is 0 Å². The molecule has 0 spiro atoms. The lowest BCUT2D eigenvalue weighted by atomic mass is 10.3. The molecular formula is C10H15BrClNOS. The third-order valence-electron chi connectivity index (χ3n) is 1.96. The normalized spacial score (nSPS) is 13.4. The molecular weight excluding hydrogens is 298 g/mol. The second-order valence-corrected chi connectivity index (χ2v) is 5.91. The maximum atomic E-state index is 6.08. The van der Waals surface area contributed by atoms with Gasteiger partial charge in [0.25, 0.3) is 0 Å². The van der Waals surface area contributed by atoms with E-state index in [9.17, 15) is 0 Å². The van der Waals surface area contributed by atoms with Crippen LogP contribution in [-0.4, -0.2) is 37.6 Å². The van der Waals surface area contributed by atoms with Crippen LogP contribution in [0.25, 0.3) is 0 Å². The van der Waals surface area contributed by atoms with E-state index >= 15 is 0 Å². The van der Waals surface area contributed by atoms with Crippen LogP contribution < -0.4 is 0 Å². The largest absolute Gasteiger partial charge is 0.383 e. The third kappa shape index (κ3) is 4.83. The summed E-state index contributed by atoms with van der Waals surface area (Å²) in [4.78, 5) is 3.53. The van der Waals surface area contributed by atoms with E-state index in [2.05, 4.69) is 39.3 Å². The quantitative estimate of drug-likeness (QED) is 0.748. The molecule has 1 rings (SSSR count). The average molecular weight is 313 g/mol. The Kier molecular flexibility index (Phi) is 6.16. The van der Waals surface area contributed by atoms with E-state index in [1.165, 1.54) is 9.35 Å². The lowest BCUT2D eigenvalue weighted by Crippen LogP contribution is -2.28. The van der Waals surface area contributed by atoms with E-state index in [1.54, 1.807) is 18.4 Å². The summed E-state index contributed by atoms with van der Waals surface area (Å²) in [5.41, 5.74) is 0. The SMILES string of the molecule is COCC(Cl)CN(C)Cc1sccc1Br. The number of hydrogen-bond acceptors (Lipinski definition) is 3. The van der Waals surface area contributed by atoms with Gasteiger partial charge in [-0.1, -0.05) is 0 Å². The van der Waals surface area contributed by atoms with Crippen molar-refractivity contribution in [2.24, 2.45) is 0 Å². The van der Waals surface area contributed by atoms with Gasteiger partial charge in [0.15, 0.2) is 0 Å². The van der Waals surface area contributed by atoms with Crippen LogP contribution >= 0.6 is 38.9 Å². The first-order valence-corrected chi connectivity index (χ1v) is 6.77. The standard InChI is InChI=1S/C10H15BrClNOS/c1-13(5-8(12)7-14-2)6-10-9(11)3-4-15-10/h3-4,8H,5-7H2,1-2H3. The van der Waals surface area contributed by atoms with Crippen molar-refractivity contribution in [3.63, 3.8) is 0 Å². The number of rotatable bonds is 6. The molecule has 1 heterocycles. The number of methoxy groups -OCH3 is 1. The zero-order valence-electron chi connectivity index (χ0n) is 8.87. The Bertz CT molecular complexity index is 295. The van der Waals surface area contributed by atoms with Crippen molar-refractivity contribution < 1.29 is 4.74 Å². The smallest absolute Gasteiger partial charge is 0.0696 e. The first-order valence-electron chi connectivity index (χ1n) is 4.67. The van der Waals surface area contributed by atoms with Crippen LogP contribution in [0.4, 0.5) is 0 Å². The number of thiophene rings is 1. The van der Waals surface area contributed by atoms with Gasteiger partial charge in [0, 0.05) is 29.5 Å². The number of alkyl halides is 1. The van der Waals surface area contributed by atoms with Crippen LogP contribution in [0.3, 0.4) is 0 Å². The van der Waals surface area contributed by atoms with Crippen molar-refractivity contribution in [2.45, 2.75) is 11.9 Å². The lowest BCUT2D eigenvalue weighted by molar-refractivity contribution is 0.181. The maximum absolute atomic E-state index is 6.08. The number of halogens is 2. The fourth-order valence-electron chi connectivity index (χ4n) is 1.32. The van der Waals surface area contributed by atoms with Gasteiger partial charge in [0.2, 0.25) is 0 Å². The minimum atomic E-state index is 0.0544. The maximum Gasteiger partial charge on any atom is 0.0696 e. The number of ether oxygens (including phenoxy) is 1. The predicted octanol–water partition coefficient (Wildman–Crippen LogP) is 3.20. The van der Waals surface area contributed by atoms with Crippen LogP contribution in [0.1, 0.15) is 4.88 Å². The second kappa shape index (κ2) is 6.86. The van der Waals surface area contributed by atoms with E-state index in [1.807, 2.05) is 0 Å². The molecule has 0 saturated heterocycles. The topological polar surface area (TPSA) is 12.5 Å². The molecule has 0 aromatic carbocycles. The van der Waals surface area contributed by atoms with Crippen molar-refractivity contribution in [1.29, 1.82) is 0 Å². The van der Waals surface area contributed by atoms with Crippen LogP contribution in [0.5, 0.6) is 0 Å². The molecule has 1 unspecified atom stereocenters. The second-order valence-electron chi connectivity index (χ2n) is 3.44. The van der Waals surface area contributed by atoms with Crippen LogP contribution in [0.15, 0.2) is 15.9 Å². The molecule has 0 amide bonds.